The van der Waals surface area contributed by atoms with Crippen LogP contribution in [0.3, 0.4) is 0 Å². The van der Waals surface area contributed by atoms with Crippen molar-refractivity contribution in [2.75, 3.05) is 7.05 Å². The number of benzene rings is 1. The fraction of sp³-hybridized carbons (Fsp3) is 0.120. The Morgan fingerprint density at radius 1 is 1.09 bits per heavy atom. The molecule has 0 aliphatic rings. The van der Waals surface area contributed by atoms with Gasteiger partial charge in [0.05, 0.1) is 23.5 Å². The zero-order chi connectivity index (χ0) is 24.1. The molecule has 172 valence electrons. The van der Waals surface area contributed by atoms with Gasteiger partial charge in [0, 0.05) is 53.8 Å². The minimum atomic E-state index is -3.64. The van der Waals surface area contributed by atoms with Crippen molar-refractivity contribution >= 4 is 43.5 Å². The van der Waals surface area contributed by atoms with Crippen LogP contribution in [0, 0.1) is 0 Å². The first kappa shape index (κ1) is 23.2. The van der Waals surface area contributed by atoms with Gasteiger partial charge in [0.2, 0.25) is 10.0 Å². The van der Waals surface area contributed by atoms with Crippen molar-refractivity contribution < 1.29 is 8.42 Å². The third-order valence-electron chi connectivity index (χ3n) is 5.28. The molecule has 0 amide bonds. The molecule has 0 spiro atoms. The topological polar surface area (TPSA) is 127 Å². The molecule has 34 heavy (non-hydrogen) atoms. The number of nitrogens with zero attached hydrogens (tertiary/aromatic N) is 3. The standard InChI is InChI=1S/C25H23N5O3S/c1-27-13-20(12-26)19-11-23-24(29-14-19)8-7-18-6-5-17(10-22(18)25(23)31)16-34(32,33)30-15-21-4-2-3-9-28-21/h2-14,30H,15-16,26H2,1H3. The monoisotopic (exact) mass is 473 g/mol. The third-order valence-corrected chi connectivity index (χ3v) is 6.58. The van der Waals surface area contributed by atoms with Crippen LogP contribution in [0.25, 0.3) is 27.2 Å². The number of allylic oxidation sites excluding steroid dienone is 1. The van der Waals surface area contributed by atoms with E-state index in [1.807, 2.05) is 0 Å². The Labute approximate surface area is 197 Å². The van der Waals surface area contributed by atoms with Crippen LogP contribution in [0.5, 0.6) is 0 Å². The molecule has 9 heteroatoms. The van der Waals surface area contributed by atoms with E-state index in [0.29, 0.717) is 44.1 Å². The van der Waals surface area contributed by atoms with Gasteiger partial charge in [-0.05, 0) is 41.3 Å². The summed E-state index contributed by atoms with van der Waals surface area (Å²) in [6.45, 7) is 0.0929. The largest absolute Gasteiger partial charge is 0.404 e. The minimum absolute atomic E-state index is 0.0929. The summed E-state index contributed by atoms with van der Waals surface area (Å²) < 4.78 is 27.8. The minimum Gasteiger partial charge on any atom is -0.404 e. The summed E-state index contributed by atoms with van der Waals surface area (Å²) in [4.78, 5) is 26.0. The maximum atomic E-state index is 13.4. The van der Waals surface area contributed by atoms with E-state index in [0.717, 1.165) is 0 Å². The molecule has 3 N–H and O–H groups in total. The summed E-state index contributed by atoms with van der Waals surface area (Å²) >= 11 is 0. The summed E-state index contributed by atoms with van der Waals surface area (Å²) in [6.07, 6.45) is 6.24. The number of fused-ring (bicyclic) bond motifs is 2. The van der Waals surface area contributed by atoms with Gasteiger partial charge in [0.1, 0.15) is 0 Å². The quantitative estimate of drug-likeness (QED) is 0.397. The lowest BCUT2D eigenvalue weighted by Gasteiger charge is -2.07. The fourth-order valence-corrected chi connectivity index (χ4v) is 4.70. The number of sulfonamides is 1. The highest BCUT2D eigenvalue weighted by Crippen LogP contribution is 2.20. The first-order valence-electron chi connectivity index (χ1n) is 10.5. The van der Waals surface area contributed by atoms with Crippen LogP contribution in [0.2, 0.25) is 0 Å². The number of hydrogen-bond donors (Lipinski definition) is 2. The SMILES string of the molecule is CN=CC(=CN)c1cnc2ccc3ccc(CS(=O)(=O)NCc4ccccn4)cc3c(=O)c2c1. The summed E-state index contributed by atoms with van der Waals surface area (Å²) in [5, 5.41) is 1.51. The average molecular weight is 474 g/mol. The molecule has 0 fully saturated rings. The Morgan fingerprint density at radius 3 is 2.65 bits per heavy atom. The Morgan fingerprint density at radius 2 is 1.91 bits per heavy atom. The molecule has 2 heterocycles. The lowest BCUT2D eigenvalue weighted by atomic mass is 10.1. The fourth-order valence-electron chi connectivity index (χ4n) is 3.61. The van der Waals surface area contributed by atoms with Crippen LogP contribution >= 0.6 is 0 Å². The molecule has 0 atom stereocenters. The first-order valence-corrected chi connectivity index (χ1v) is 12.1. The Balaban J connectivity index is 1.72. The second-order valence-corrected chi connectivity index (χ2v) is 9.46. The smallest absolute Gasteiger partial charge is 0.216 e. The maximum Gasteiger partial charge on any atom is 0.216 e. The summed E-state index contributed by atoms with van der Waals surface area (Å²) in [5.41, 5.74) is 8.41. The molecule has 4 aromatic rings. The predicted octanol–water partition coefficient (Wildman–Crippen LogP) is 2.76. The van der Waals surface area contributed by atoms with Gasteiger partial charge in [-0.1, -0.05) is 24.3 Å². The third kappa shape index (κ3) is 5.16. The van der Waals surface area contributed by atoms with Crippen molar-refractivity contribution in [1.29, 1.82) is 0 Å². The number of pyridine rings is 2. The van der Waals surface area contributed by atoms with Crippen LogP contribution in [-0.2, 0) is 22.3 Å². The number of nitrogens with one attached hydrogen (secondary N) is 1. The normalized spacial score (nSPS) is 12.6. The number of aliphatic imine (C=N–C) groups is 1. The second kappa shape index (κ2) is 9.90. The molecule has 2 aromatic heterocycles. The van der Waals surface area contributed by atoms with Gasteiger partial charge in [-0.2, -0.15) is 0 Å². The maximum absolute atomic E-state index is 13.4. The molecule has 2 aromatic carbocycles. The van der Waals surface area contributed by atoms with Crippen LogP contribution in [0.4, 0.5) is 0 Å². The number of nitrogens with two attached hydrogens (primary N) is 1. The summed E-state index contributed by atoms with van der Waals surface area (Å²) in [7, 11) is -2.01. The van der Waals surface area contributed by atoms with Gasteiger partial charge in [0.15, 0.2) is 5.43 Å². The van der Waals surface area contributed by atoms with Crippen LogP contribution in [0.15, 0.2) is 83.0 Å². The summed E-state index contributed by atoms with van der Waals surface area (Å²) in [5.74, 6) is -0.262. The van der Waals surface area contributed by atoms with Crippen molar-refractivity contribution in [3.8, 4) is 0 Å². The van der Waals surface area contributed by atoms with Crippen molar-refractivity contribution in [3.05, 3.63) is 100 Å². The molecule has 0 aliphatic heterocycles. The molecule has 0 aliphatic carbocycles. The summed E-state index contributed by atoms with van der Waals surface area (Å²) in [6, 6.07) is 15.7. The first-order chi connectivity index (χ1) is 16.4. The Bertz CT molecular complexity index is 1580. The molecule has 8 nitrogen and oxygen atoms in total. The molecular weight excluding hydrogens is 450 g/mol. The van der Waals surface area contributed by atoms with Gasteiger partial charge in [-0.15, -0.1) is 0 Å². The van der Waals surface area contributed by atoms with Crippen molar-refractivity contribution in [2.24, 2.45) is 10.7 Å². The van der Waals surface area contributed by atoms with Crippen molar-refractivity contribution in [1.82, 2.24) is 14.7 Å². The highest BCUT2D eigenvalue weighted by molar-refractivity contribution is 7.88. The van der Waals surface area contributed by atoms with Crippen LogP contribution < -0.4 is 15.9 Å². The zero-order valence-electron chi connectivity index (χ0n) is 18.5. The van der Waals surface area contributed by atoms with E-state index >= 15 is 0 Å². The lowest BCUT2D eigenvalue weighted by molar-refractivity contribution is 0.579. The van der Waals surface area contributed by atoms with Crippen molar-refractivity contribution in [2.45, 2.75) is 12.3 Å². The van der Waals surface area contributed by atoms with Gasteiger partial charge in [-0.3, -0.25) is 19.8 Å². The van der Waals surface area contributed by atoms with E-state index in [1.165, 1.54) is 6.20 Å². The van der Waals surface area contributed by atoms with E-state index in [2.05, 4.69) is 19.7 Å². The zero-order valence-corrected chi connectivity index (χ0v) is 19.3. The number of rotatable bonds is 7. The Hall–Kier alpha value is -3.95. The molecule has 0 saturated carbocycles. The van der Waals surface area contributed by atoms with E-state index in [1.54, 1.807) is 80.3 Å². The second-order valence-electron chi connectivity index (χ2n) is 7.65. The highest BCUT2D eigenvalue weighted by atomic mass is 32.2. The van der Waals surface area contributed by atoms with E-state index in [4.69, 9.17) is 5.73 Å². The van der Waals surface area contributed by atoms with Gasteiger partial charge >= 0.3 is 0 Å². The van der Waals surface area contributed by atoms with Gasteiger partial charge in [0.25, 0.3) is 0 Å². The van der Waals surface area contributed by atoms with Gasteiger partial charge in [-0.25, -0.2) is 13.1 Å². The number of hydrogen-bond acceptors (Lipinski definition) is 7. The van der Waals surface area contributed by atoms with Gasteiger partial charge < -0.3 is 5.73 Å². The molecule has 0 radical (unpaired) electrons. The molecule has 0 saturated heterocycles. The molecule has 0 unspecified atom stereocenters. The predicted molar refractivity (Wildman–Crippen MR) is 136 cm³/mol. The lowest BCUT2D eigenvalue weighted by Crippen LogP contribution is -2.25. The Kier molecular flexibility index (Phi) is 6.76. The number of aromatic nitrogens is 2. The highest BCUT2D eigenvalue weighted by Gasteiger charge is 2.13. The van der Waals surface area contributed by atoms with Crippen LogP contribution in [-0.4, -0.2) is 31.6 Å². The van der Waals surface area contributed by atoms with Crippen molar-refractivity contribution in [3.63, 3.8) is 0 Å². The van der Waals surface area contributed by atoms with Crippen LogP contribution in [0.1, 0.15) is 16.8 Å². The van der Waals surface area contributed by atoms with E-state index in [9.17, 15) is 13.2 Å². The molecule has 4 rings (SSSR count). The molecule has 0 bridgehead atoms. The average Bonchev–Trinajstić information content (AvgIpc) is 2.98. The molecular formula is C25H23N5O3S. The van der Waals surface area contributed by atoms with E-state index < -0.39 is 10.0 Å². The van der Waals surface area contributed by atoms with E-state index in [-0.39, 0.29) is 17.7 Å².